The van der Waals surface area contributed by atoms with Crippen molar-refractivity contribution in [3.8, 4) is 0 Å². The average Bonchev–Trinajstić information content (AvgIpc) is 2.93. The van der Waals surface area contributed by atoms with Gasteiger partial charge in [-0.05, 0) is 43.5 Å². The predicted molar refractivity (Wildman–Crippen MR) is 91.8 cm³/mol. The molecule has 1 aliphatic carbocycles. The number of hydrogen-bond donors (Lipinski definition) is 2. The van der Waals surface area contributed by atoms with E-state index in [1.54, 1.807) is 18.2 Å². The molecule has 1 saturated carbocycles. The van der Waals surface area contributed by atoms with Gasteiger partial charge in [0.15, 0.2) is 15.7 Å². The number of benzene rings is 1. The predicted octanol–water partition coefficient (Wildman–Crippen LogP) is 2.94. The summed E-state index contributed by atoms with van der Waals surface area (Å²) in [5, 5.41) is 9.36. The zero-order chi connectivity index (χ0) is 17.2. The fraction of sp³-hybridized carbons (Fsp3) is 0.412. The summed E-state index contributed by atoms with van der Waals surface area (Å²) in [5.41, 5.74) is 1.37. The SMILES string of the molecule is CCCc1cc(NC(=O)c2ccc(S(=O)(=O)C3CCC3)cc2)n[nH]1. The molecular formula is C17H21N3O3S. The summed E-state index contributed by atoms with van der Waals surface area (Å²) in [6.07, 6.45) is 4.28. The minimum atomic E-state index is -3.26. The van der Waals surface area contributed by atoms with Gasteiger partial charge in [0.2, 0.25) is 0 Å². The van der Waals surface area contributed by atoms with Crippen LogP contribution in [0.3, 0.4) is 0 Å². The van der Waals surface area contributed by atoms with Crippen LogP contribution in [0.25, 0.3) is 0 Å². The number of carbonyl (C=O) groups is 1. The molecule has 24 heavy (non-hydrogen) atoms. The van der Waals surface area contributed by atoms with Crippen molar-refractivity contribution in [1.82, 2.24) is 10.2 Å². The van der Waals surface area contributed by atoms with Crippen molar-refractivity contribution in [2.24, 2.45) is 0 Å². The number of aromatic nitrogens is 2. The molecule has 128 valence electrons. The molecule has 1 heterocycles. The molecule has 2 N–H and O–H groups in total. The summed E-state index contributed by atoms with van der Waals surface area (Å²) in [4.78, 5) is 12.5. The molecule has 1 aromatic carbocycles. The van der Waals surface area contributed by atoms with Gasteiger partial charge in [0.1, 0.15) is 0 Å². The lowest BCUT2D eigenvalue weighted by atomic mass is 10.00. The van der Waals surface area contributed by atoms with Crippen LogP contribution >= 0.6 is 0 Å². The Hall–Kier alpha value is -2.15. The van der Waals surface area contributed by atoms with Crippen molar-refractivity contribution in [3.63, 3.8) is 0 Å². The number of carbonyl (C=O) groups excluding carboxylic acids is 1. The number of anilines is 1. The Labute approximate surface area is 141 Å². The third-order valence-corrected chi connectivity index (χ3v) is 6.61. The maximum Gasteiger partial charge on any atom is 0.256 e. The third-order valence-electron chi connectivity index (χ3n) is 4.33. The van der Waals surface area contributed by atoms with E-state index in [0.29, 0.717) is 11.4 Å². The number of H-pyrrole nitrogens is 1. The van der Waals surface area contributed by atoms with E-state index in [9.17, 15) is 13.2 Å². The zero-order valence-electron chi connectivity index (χ0n) is 13.6. The van der Waals surface area contributed by atoms with E-state index in [-0.39, 0.29) is 16.1 Å². The minimum Gasteiger partial charge on any atom is -0.305 e. The van der Waals surface area contributed by atoms with Crippen LogP contribution in [0.5, 0.6) is 0 Å². The molecule has 3 rings (SSSR count). The highest BCUT2D eigenvalue weighted by molar-refractivity contribution is 7.92. The molecular weight excluding hydrogens is 326 g/mol. The summed E-state index contributed by atoms with van der Waals surface area (Å²) < 4.78 is 24.7. The molecule has 0 bridgehead atoms. The molecule has 1 aliphatic rings. The number of nitrogens with zero attached hydrogens (tertiary/aromatic N) is 1. The van der Waals surface area contributed by atoms with Gasteiger partial charge in [-0.2, -0.15) is 5.10 Å². The number of hydrogen-bond acceptors (Lipinski definition) is 4. The maximum atomic E-state index is 12.3. The van der Waals surface area contributed by atoms with Gasteiger partial charge in [-0.15, -0.1) is 0 Å². The van der Waals surface area contributed by atoms with Gasteiger partial charge in [0, 0.05) is 17.3 Å². The molecule has 0 atom stereocenters. The van der Waals surface area contributed by atoms with Crippen LogP contribution in [0, 0.1) is 0 Å². The summed E-state index contributed by atoms with van der Waals surface area (Å²) in [7, 11) is -3.26. The molecule has 2 aromatic rings. The summed E-state index contributed by atoms with van der Waals surface area (Å²) in [5.74, 6) is 0.159. The van der Waals surface area contributed by atoms with E-state index in [4.69, 9.17) is 0 Å². The molecule has 1 amide bonds. The highest BCUT2D eigenvalue weighted by Gasteiger charge is 2.32. The summed E-state index contributed by atoms with van der Waals surface area (Å²) in [6, 6.07) is 7.91. The lowest BCUT2D eigenvalue weighted by molar-refractivity contribution is 0.102. The van der Waals surface area contributed by atoms with Crippen LogP contribution < -0.4 is 5.32 Å². The molecule has 0 spiro atoms. The van der Waals surface area contributed by atoms with Crippen LogP contribution in [-0.2, 0) is 16.3 Å². The Kier molecular flexibility index (Phi) is 4.71. The number of aromatic amines is 1. The van der Waals surface area contributed by atoms with E-state index in [1.165, 1.54) is 12.1 Å². The Bertz CT molecular complexity index is 821. The second-order valence-corrected chi connectivity index (χ2v) is 8.33. The molecule has 0 unspecified atom stereocenters. The topological polar surface area (TPSA) is 91.9 Å². The first kappa shape index (κ1) is 16.7. The Balaban J connectivity index is 1.69. The average molecular weight is 347 g/mol. The number of amides is 1. The van der Waals surface area contributed by atoms with E-state index in [0.717, 1.165) is 37.8 Å². The molecule has 0 radical (unpaired) electrons. The summed E-state index contributed by atoms with van der Waals surface area (Å²) in [6.45, 7) is 2.07. The highest BCUT2D eigenvalue weighted by atomic mass is 32.2. The first-order valence-electron chi connectivity index (χ1n) is 8.20. The van der Waals surface area contributed by atoms with Crippen molar-refractivity contribution in [2.45, 2.75) is 49.2 Å². The molecule has 1 fully saturated rings. The monoisotopic (exact) mass is 347 g/mol. The smallest absolute Gasteiger partial charge is 0.256 e. The Morgan fingerprint density at radius 3 is 2.58 bits per heavy atom. The van der Waals surface area contributed by atoms with Gasteiger partial charge in [0.05, 0.1) is 10.1 Å². The number of aryl methyl sites for hydroxylation is 1. The Morgan fingerprint density at radius 1 is 1.29 bits per heavy atom. The van der Waals surface area contributed by atoms with Crippen LogP contribution in [0.4, 0.5) is 5.82 Å². The van der Waals surface area contributed by atoms with Gasteiger partial charge >= 0.3 is 0 Å². The second kappa shape index (κ2) is 6.76. The van der Waals surface area contributed by atoms with Gasteiger partial charge < -0.3 is 5.32 Å². The van der Waals surface area contributed by atoms with Crippen molar-refractivity contribution in [2.75, 3.05) is 5.32 Å². The molecule has 6 nitrogen and oxygen atoms in total. The van der Waals surface area contributed by atoms with Crippen LogP contribution in [0.2, 0.25) is 0 Å². The van der Waals surface area contributed by atoms with Gasteiger partial charge in [-0.25, -0.2) is 8.42 Å². The van der Waals surface area contributed by atoms with Crippen LogP contribution in [0.15, 0.2) is 35.2 Å². The van der Waals surface area contributed by atoms with Gasteiger partial charge in [-0.3, -0.25) is 9.89 Å². The van der Waals surface area contributed by atoms with Gasteiger partial charge in [0.25, 0.3) is 5.91 Å². The summed E-state index contributed by atoms with van der Waals surface area (Å²) >= 11 is 0. The van der Waals surface area contributed by atoms with Crippen LogP contribution in [-0.4, -0.2) is 29.8 Å². The molecule has 7 heteroatoms. The molecule has 0 saturated heterocycles. The zero-order valence-corrected chi connectivity index (χ0v) is 14.4. The lowest BCUT2D eigenvalue weighted by Crippen LogP contribution is -2.28. The van der Waals surface area contributed by atoms with E-state index in [1.807, 2.05) is 0 Å². The largest absolute Gasteiger partial charge is 0.305 e. The van der Waals surface area contributed by atoms with Crippen molar-refractivity contribution in [1.29, 1.82) is 0 Å². The van der Waals surface area contributed by atoms with E-state index < -0.39 is 9.84 Å². The molecule has 0 aliphatic heterocycles. The molecule has 1 aromatic heterocycles. The van der Waals surface area contributed by atoms with Crippen LogP contribution in [0.1, 0.15) is 48.7 Å². The first-order valence-corrected chi connectivity index (χ1v) is 9.75. The standard InChI is InChI=1S/C17H21N3O3S/c1-2-4-13-11-16(20-19-13)18-17(21)12-7-9-15(10-8-12)24(22,23)14-5-3-6-14/h7-11,14H,2-6H2,1H3,(H2,18,19,20,21). The quantitative estimate of drug-likeness (QED) is 0.840. The minimum absolute atomic E-state index is 0.266. The highest BCUT2D eigenvalue weighted by Crippen LogP contribution is 2.31. The Morgan fingerprint density at radius 2 is 2.00 bits per heavy atom. The van der Waals surface area contributed by atoms with Crippen molar-refractivity contribution >= 4 is 21.6 Å². The van der Waals surface area contributed by atoms with Gasteiger partial charge in [-0.1, -0.05) is 19.8 Å². The van der Waals surface area contributed by atoms with Crippen molar-refractivity contribution in [3.05, 3.63) is 41.6 Å². The third kappa shape index (κ3) is 3.36. The number of rotatable bonds is 6. The fourth-order valence-corrected chi connectivity index (χ4v) is 4.54. The lowest BCUT2D eigenvalue weighted by Gasteiger charge is -2.25. The van der Waals surface area contributed by atoms with E-state index >= 15 is 0 Å². The van der Waals surface area contributed by atoms with Crippen molar-refractivity contribution < 1.29 is 13.2 Å². The number of nitrogens with one attached hydrogen (secondary N) is 2. The number of sulfone groups is 1. The normalized spacial score (nSPS) is 15.0. The maximum absolute atomic E-state index is 12.3. The fourth-order valence-electron chi connectivity index (χ4n) is 2.68. The van der Waals surface area contributed by atoms with E-state index in [2.05, 4.69) is 22.4 Å². The first-order chi connectivity index (χ1) is 11.5. The second-order valence-electron chi connectivity index (χ2n) is 6.10.